The molecule has 0 saturated carbocycles. The molecular formula is C21H19N3O3. The summed E-state index contributed by atoms with van der Waals surface area (Å²) in [6.45, 7) is 2.89. The molecule has 0 unspecified atom stereocenters. The Hall–Kier alpha value is -3.15. The van der Waals surface area contributed by atoms with E-state index in [0.717, 1.165) is 16.9 Å². The van der Waals surface area contributed by atoms with E-state index in [-0.39, 0.29) is 11.7 Å². The van der Waals surface area contributed by atoms with Gasteiger partial charge in [-0.1, -0.05) is 12.1 Å². The molecule has 5 rings (SSSR count). The van der Waals surface area contributed by atoms with Gasteiger partial charge in [0.1, 0.15) is 17.2 Å². The summed E-state index contributed by atoms with van der Waals surface area (Å²) in [5, 5.41) is 0. The van der Waals surface area contributed by atoms with Crippen LogP contribution in [0.1, 0.15) is 39.4 Å². The standard InChI is InChI=1S/C21H19N3O3/c1-13-22-16-7-6-14(10-17(16)23-13)20(26)24-9-8-21(12-24)11-18(25)15-4-2-3-5-19(15)27-21/h2-7,10H,8-9,11-12H2,1H3,(H,22,23)/t21-/m0/s1. The molecule has 1 N–H and O–H groups in total. The van der Waals surface area contributed by atoms with Gasteiger partial charge in [0.05, 0.1) is 29.6 Å². The summed E-state index contributed by atoms with van der Waals surface area (Å²) in [6, 6.07) is 12.8. The molecule has 0 bridgehead atoms. The molecule has 1 atom stereocenters. The monoisotopic (exact) mass is 361 g/mol. The van der Waals surface area contributed by atoms with Gasteiger partial charge in [-0.15, -0.1) is 0 Å². The molecule has 6 nitrogen and oxygen atoms in total. The number of likely N-dealkylation sites (tertiary alicyclic amines) is 1. The van der Waals surface area contributed by atoms with Crippen molar-refractivity contribution in [3.8, 4) is 5.75 Å². The molecule has 1 fully saturated rings. The summed E-state index contributed by atoms with van der Waals surface area (Å²) in [4.78, 5) is 34.9. The van der Waals surface area contributed by atoms with E-state index in [1.165, 1.54) is 0 Å². The number of amides is 1. The number of ketones is 1. The lowest BCUT2D eigenvalue weighted by atomic mass is 9.89. The first-order valence-corrected chi connectivity index (χ1v) is 9.10. The van der Waals surface area contributed by atoms with Crippen LogP contribution in [-0.2, 0) is 0 Å². The van der Waals surface area contributed by atoms with Gasteiger partial charge in [-0.25, -0.2) is 4.98 Å². The maximum Gasteiger partial charge on any atom is 0.254 e. The van der Waals surface area contributed by atoms with E-state index in [0.29, 0.717) is 42.8 Å². The Morgan fingerprint density at radius 3 is 3.00 bits per heavy atom. The largest absolute Gasteiger partial charge is 0.484 e. The zero-order chi connectivity index (χ0) is 18.6. The van der Waals surface area contributed by atoms with Crippen molar-refractivity contribution in [1.82, 2.24) is 14.9 Å². The maximum absolute atomic E-state index is 13.0. The zero-order valence-electron chi connectivity index (χ0n) is 15.0. The molecule has 3 aromatic rings. The predicted molar refractivity (Wildman–Crippen MR) is 100 cm³/mol. The average molecular weight is 361 g/mol. The number of ether oxygens (including phenoxy) is 1. The van der Waals surface area contributed by atoms with Crippen LogP contribution in [-0.4, -0.2) is 45.2 Å². The smallest absolute Gasteiger partial charge is 0.254 e. The van der Waals surface area contributed by atoms with E-state index in [1.54, 1.807) is 17.0 Å². The minimum absolute atomic E-state index is 0.0454. The highest BCUT2D eigenvalue weighted by Gasteiger charge is 2.47. The van der Waals surface area contributed by atoms with Crippen molar-refractivity contribution in [2.45, 2.75) is 25.4 Å². The Morgan fingerprint density at radius 1 is 1.26 bits per heavy atom. The number of H-pyrrole nitrogens is 1. The first kappa shape index (κ1) is 16.1. The summed E-state index contributed by atoms with van der Waals surface area (Å²) in [5.74, 6) is 1.48. The molecule has 1 amide bonds. The molecule has 3 heterocycles. The van der Waals surface area contributed by atoms with E-state index < -0.39 is 5.60 Å². The first-order chi connectivity index (χ1) is 13.0. The van der Waals surface area contributed by atoms with Crippen LogP contribution in [0.3, 0.4) is 0 Å². The van der Waals surface area contributed by atoms with Gasteiger partial charge in [-0.3, -0.25) is 9.59 Å². The van der Waals surface area contributed by atoms with Crippen molar-refractivity contribution in [2.24, 2.45) is 0 Å². The molecule has 0 aliphatic carbocycles. The number of benzene rings is 2. The fourth-order valence-electron chi connectivity index (χ4n) is 4.14. The van der Waals surface area contributed by atoms with Crippen molar-refractivity contribution < 1.29 is 14.3 Å². The highest BCUT2D eigenvalue weighted by Crippen LogP contribution is 2.39. The molecule has 0 radical (unpaired) electrons. The number of fused-ring (bicyclic) bond motifs is 2. The van der Waals surface area contributed by atoms with Crippen molar-refractivity contribution >= 4 is 22.7 Å². The molecule has 1 saturated heterocycles. The minimum Gasteiger partial charge on any atom is -0.484 e. The molecule has 2 aliphatic rings. The van der Waals surface area contributed by atoms with Gasteiger partial charge in [0.25, 0.3) is 5.91 Å². The second-order valence-corrected chi connectivity index (χ2v) is 7.41. The van der Waals surface area contributed by atoms with Crippen LogP contribution in [0.2, 0.25) is 0 Å². The first-order valence-electron chi connectivity index (χ1n) is 9.10. The lowest BCUT2D eigenvalue weighted by molar-refractivity contribution is 0.0428. The molecule has 136 valence electrons. The number of para-hydroxylation sites is 1. The van der Waals surface area contributed by atoms with Gasteiger partial charge >= 0.3 is 0 Å². The zero-order valence-corrected chi connectivity index (χ0v) is 15.0. The SMILES string of the molecule is Cc1nc2ccc(C(=O)N3CC[C@]4(CC(=O)c5ccccc5O4)C3)cc2[nH]1. The number of rotatable bonds is 1. The van der Waals surface area contributed by atoms with Crippen molar-refractivity contribution in [1.29, 1.82) is 0 Å². The number of nitrogens with one attached hydrogen (secondary N) is 1. The Bertz CT molecular complexity index is 1090. The van der Waals surface area contributed by atoms with E-state index >= 15 is 0 Å². The van der Waals surface area contributed by atoms with Gasteiger partial charge < -0.3 is 14.6 Å². The number of aryl methyl sites for hydroxylation is 1. The van der Waals surface area contributed by atoms with E-state index in [9.17, 15) is 9.59 Å². The topological polar surface area (TPSA) is 75.3 Å². The summed E-state index contributed by atoms with van der Waals surface area (Å²) >= 11 is 0. The third kappa shape index (κ3) is 2.60. The van der Waals surface area contributed by atoms with Gasteiger partial charge in [0, 0.05) is 18.5 Å². The summed E-state index contributed by atoms with van der Waals surface area (Å²) in [5.41, 5.74) is 2.33. The molecule has 1 spiro atoms. The van der Waals surface area contributed by atoms with Gasteiger partial charge in [-0.05, 0) is 37.3 Å². The fourth-order valence-corrected chi connectivity index (χ4v) is 4.14. The van der Waals surface area contributed by atoms with Crippen molar-refractivity contribution in [2.75, 3.05) is 13.1 Å². The predicted octanol–water partition coefficient (Wildman–Crippen LogP) is 3.12. The number of hydrogen-bond donors (Lipinski definition) is 1. The molecular weight excluding hydrogens is 342 g/mol. The molecule has 1 aromatic heterocycles. The van der Waals surface area contributed by atoms with Gasteiger partial charge in [0.2, 0.25) is 0 Å². The van der Waals surface area contributed by atoms with Crippen molar-refractivity contribution in [3.05, 3.63) is 59.4 Å². The number of Topliss-reactive ketones (excluding diaryl/α,β-unsaturated/α-hetero) is 1. The lowest BCUT2D eigenvalue weighted by Gasteiger charge is -2.34. The normalized spacial score (nSPS) is 21.5. The van der Waals surface area contributed by atoms with Crippen LogP contribution in [0.15, 0.2) is 42.5 Å². The number of aromatic nitrogens is 2. The Balaban J connectivity index is 1.40. The summed E-state index contributed by atoms with van der Waals surface area (Å²) in [7, 11) is 0. The van der Waals surface area contributed by atoms with E-state index in [2.05, 4.69) is 9.97 Å². The van der Waals surface area contributed by atoms with Crippen LogP contribution < -0.4 is 4.74 Å². The molecule has 27 heavy (non-hydrogen) atoms. The number of carbonyl (C=O) groups is 2. The third-order valence-electron chi connectivity index (χ3n) is 5.45. The second-order valence-electron chi connectivity index (χ2n) is 7.41. The fraction of sp³-hybridized carbons (Fsp3) is 0.286. The van der Waals surface area contributed by atoms with Crippen molar-refractivity contribution in [3.63, 3.8) is 0 Å². The number of nitrogens with zero attached hydrogens (tertiary/aromatic N) is 2. The minimum atomic E-state index is -0.615. The summed E-state index contributed by atoms with van der Waals surface area (Å²) in [6.07, 6.45) is 0.969. The number of aromatic amines is 1. The quantitative estimate of drug-likeness (QED) is 0.723. The highest BCUT2D eigenvalue weighted by atomic mass is 16.5. The Kier molecular flexibility index (Phi) is 3.37. The van der Waals surface area contributed by atoms with Crippen LogP contribution >= 0.6 is 0 Å². The molecule has 2 aromatic carbocycles. The van der Waals surface area contributed by atoms with E-state index in [1.807, 2.05) is 37.3 Å². The average Bonchev–Trinajstić information content (AvgIpc) is 3.23. The lowest BCUT2D eigenvalue weighted by Crippen LogP contribution is -2.45. The third-order valence-corrected chi connectivity index (χ3v) is 5.45. The highest BCUT2D eigenvalue weighted by molar-refractivity contribution is 6.01. The maximum atomic E-state index is 13.0. The number of imidazole rings is 1. The van der Waals surface area contributed by atoms with Crippen LogP contribution in [0, 0.1) is 6.92 Å². The van der Waals surface area contributed by atoms with Crippen LogP contribution in [0.5, 0.6) is 5.75 Å². The number of carbonyl (C=O) groups excluding carboxylic acids is 2. The summed E-state index contributed by atoms with van der Waals surface area (Å²) < 4.78 is 6.21. The van der Waals surface area contributed by atoms with Crippen LogP contribution in [0.4, 0.5) is 0 Å². The Labute approximate surface area is 156 Å². The second kappa shape index (κ2) is 5.67. The van der Waals surface area contributed by atoms with Gasteiger partial charge in [0.15, 0.2) is 5.78 Å². The van der Waals surface area contributed by atoms with Crippen LogP contribution in [0.25, 0.3) is 11.0 Å². The molecule has 2 aliphatic heterocycles. The van der Waals surface area contributed by atoms with Gasteiger partial charge in [-0.2, -0.15) is 0 Å². The molecule has 6 heteroatoms. The van der Waals surface area contributed by atoms with E-state index in [4.69, 9.17) is 4.74 Å². The number of hydrogen-bond acceptors (Lipinski definition) is 4. The Morgan fingerprint density at radius 2 is 2.11 bits per heavy atom.